The smallest absolute Gasteiger partial charge is 0.314 e. The minimum absolute atomic E-state index is 0.275. The number of rotatable bonds is 2. The van der Waals surface area contributed by atoms with Crippen molar-refractivity contribution in [2.24, 2.45) is 11.1 Å². The topological polar surface area (TPSA) is 90.6 Å². The van der Waals surface area contributed by atoms with Crippen molar-refractivity contribution in [2.45, 2.75) is 26.2 Å². The quantitative estimate of drug-likeness (QED) is 0.634. The van der Waals surface area contributed by atoms with E-state index >= 15 is 0 Å². The summed E-state index contributed by atoms with van der Waals surface area (Å²) in [5.41, 5.74) is 9.39. The second kappa shape index (κ2) is 8.87. The fourth-order valence-corrected chi connectivity index (χ4v) is 5.83. The number of nitrogens with zero attached hydrogens (tertiary/aromatic N) is 3. The van der Waals surface area contributed by atoms with Crippen LogP contribution in [0.1, 0.15) is 24.1 Å². The number of hydrogen-bond acceptors (Lipinski definition) is 7. The number of urea groups is 1. The van der Waals surface area contributed by atoms with Gasteiger partial charge in [-0.05, 0) is 43.7 Å². The summed E-state index contributed by atoms with van der Waals surface area (Å²) in [5, 5.41) is 0. The normalized spacial score (nSPS) is 17.7. The zero-order chi connectivity index (χ0) is 21.1. The first-order valence-corrected chi connectivity index (χ1v) is 11.7. The summed E-state index contributed by atoms with van der Waals surface area (Å²) in [4.78, 5) is 23.9. The molecule has 3 aromatic heterocycles. The van der Waals surface area contributed by atoms with Crippen molar-refractivity contribution in [3.8, 4) is 16.3 Å². The molecule has 2 saturated heterocycles. The highest BCUT2D eigenvalue weighted by molar-refractivity contribution is 7.19. The molecule has 2 amide bonds. The molecule has 2 aliphatic heterocycles. The van der Waals surface area contributed by atoms with Crippen molar-refractivity contribution in [3.05, 3.63) is 28.7 Å². The number of pyridine rings is 1. The van der Waals surface area contributed by atoms with Gasteiger partial charge >= 0.3 is 6.03 Å². The molecule has 0 bridgehead atoms. The zero-order valence-corrected chi connectivity index (χ0v) is 18.9. The van der Waals surface area contributed by atoms with Crippen LogP contribution in [-0.2, 0) is 4.74 Å². The first kappa shape index (κ1) is 21.0. The maximum Gasteiger partial charge on any atom is 0.314 e. The molecule has 2 aliphatic rings. The van der Waals surface area contributed by atoms with Gasteiger partial charge in [-0.15, -0.1) is 22.7 Å². The molecule has 3 aromatic rings. The van der Waals surface area contributed by atoms with Crippen LogP contribution in [-0.4, -0.2) is 54.3 Å². The van der Waals surface area contributed by atoms with E-state index in [4.69, 9.17) is 15.2 Å². The Hall–Kier alpha value is -2.23. The first-order valence-electron chi connectivity index (χ1n) is 9.96. The van der Waals surface area contributed by atoms with E-state index in [0.717, 1.165) is 61.3 Å². The van der Waals surface area contributed by atoms with Gasteiger partial charge in [0.15, 0.2) is 0 Å². The molecule has 2 fully saturated rings. The summed E-state index contributed by atoms with van der Waals surface area (Å²) >= 11 is 3.39. The standard InChI is InChI=1S/C12H10N2OS2.C9H16N2O2/c1-7-3-4-9(17-7)8-5-13-12(15-2)10-11(8)16-6-14-10;10-8(12)11-4-1-9(7-11)2-5-13-6-3-9/h3-6H,1-2H3;1-7H2,(H2,10,12). The Morgan fingerprint density at radius 3 is 2.70 bits per heavy atom. The molecule has 2 N–H and O–H groups in total. The number of thiophene rings is 1. The summed E-state index contributed by atoms with van der Waals surface area (Å²) < 4.78 is 11.7. The highest BCUT2D eigenvalue weighted by Crippen LogP contribution is 2.39. The molecule has 0 saturated carbocycles. The average Bonchev–Trinajstić information content (AvgIpc) is 3.49. The van der Waals surface area contributed by atoms with E-state index in [1.165, 1.54) is 9.75 Å². The van der Waals surface area contributed by atoms with E-state index in [-0.39, 0.29) is 6.03 Å². The average molecular weight is 447 g/mol. The number of likely N-dealkylation sites (tertiary alicyclic amines) is 1. The number of ether oxygens (including phenoxy) is 2. The molecule has 0 aliphatic carbocycles. The minimum Gasteiger partial charge on any atom is -0.479 e. The van der Waals surface area contributed by atoms with Gasteiger partial charge in [0.25, 0.3) is 0 Å². The lowest BCUT2D eigenvalue weighted by molar-refractivity contribution is 0.0210. The van der Waals surface area contributed by atoms with Crippen molar-refractivity contribution in [1.29, 1.82) is 0 Å². The summed E-state index contributed by atoms with van der Waals surface area (Å²) in [7, 11) is 1.62. The third kappa shape index (κ3) is 4.28. The van der Waals surface area contributed by atoms with Gasteiger partial charge < -0.3 is 20.1 Å². The maximum atomic E-state index is 10.9. The van der Waals surface area contributed by atoms with Crippen molar-refractivity contribution < 1.29 is 14.3 Å². The molecule has 1 spiro atoms. The Morgan fingerprint density at radius 2 is 2.07 bits per heavy atom. The minimum atomic E-state index is -0.275. The molecule has 0 atom stereocenters. The molecule has 30 heavy (non-hydrogen) atoms. The molecular weight excluding hydrogens is 420 g/mol. The highest BCUT2D eigenvalue weighted by atomic mass is 32.1. The van der Waals surface area contributed by atoms with Crippen molar-refractivity contribution in [2.75, 3.05) is 33.4 Å². The first-order chi connectivity index (χ1) is 14.5. The van der Waals surface area contributed by atoms with Crippen LogP contribution in [0.3, 0.4) is 0 Å². The Balaban J connectivity index is 0.000000151. The van der Waals surface area contributed by atoms with Crippen LogP contribution in [0.15, 0.2) is 23.8 Å². The van der Waals surface area contributed by atoms with Crippen molar-refractivity contribution >= 4 is 38.9 Å². The van der Waals surface area contributed by atoms with E-state index in [1.54, 1.807) is 34.7 Å². The summed E-state index contributed by atoms with van der Waals surface area (Å²) in [6, 6.07) is 3.98. The van der Waals surface area contributed by atoms with E-state index in [2.05, 4.69) is 29.0 Å². The number of carbonyl (C=O) groups is 1. The van der Waals surface area contributed by atoms with E-state index < -0.39 is 0 Å². The number of aromatic nitrogens is 2. The van der Waals surface area contributed by atoms with E-state index in [0.29, 0.717) is 11.3 Å². The van der Waals surface area contributed by atoms with Gasteiger partial charge in [0.1, 0.15) is 5.52 Å². The molecule has 5 heterocycles. The number of methoxy groups -OCH3 is 1. The van der Waals surface area contributed by atoms with Crippen LogP contribution in [0.4, 0.5) is 4.79 Å². The second-order valence-corrected chi connectivity index (χ2v) is 9.89. The number of thiazole rings is 1. The molecule has 0 unspecified atom stereocenters. The molecule has 5 rings (SSSR count). The molecule has 0 radical (unpaired) electrons. The van der Waals surface area contributed by atoms with Gasteiger partial charge in [0, 0.05) is 47.8 Å². The van der Waals surface area contributed by atoms with E-state index in [9.17, 15) is 4.79 Å². The van der Waals surface area contributed by atoms with Gasteiger partial charge in [-0.2, -0.15) is 0 Å². The Morgan fingerprint density at radius 1 is 1.27 bits per heavy atom. The Bertz CT molecular complexity index is 1030. The van der Waals surface area contributed by atoms with E-state index in [1.807, 2.05) is 11.7 Å². The number of hydrogen-bond donors (Lipinski definition) is 1. The number of amides is 2. The third-order valence-corrected chi connectivity index (χ3v) is 7.72. The predicted octanol–water partition coefficient (Wildman–Crippen LogP) is 4.30. The highest BCUT2D eigenvalue weighted by Gasteiger charge is 2.40. The second-order valence-electron chi connectivity index (χ2n) is 7.74. The zero-order valence-electron chi connectivity index (χ0n) is 17.2. The van der Waals surface area contributed by atoms with Crippen molar-refractivity contribution in [1.82, 2.24) is 14.9 Å². The van der Waals surface area contributed by atoms with Gasteiger partial charge in [0.05, 0.1) is 17.3 Å². The number of primary amides is 1. The van der Waals surface area contributed by atoms with Crippen LogP contribution in [0.2, 0.25) is 0 Å². The molecule has 7 nitrogen and oxygen atoms in total. The lowest BCUT2D eigenvalue weighted by Crippen LogP contribution is -2.38. The lowest BCUT2D eigenvalue weighted by Gasteiger charge is -2.32. The van der Waals surface area contributed by atoms with Gasteiger partial charge in [0.2, 0.25) is 5.88 Å². The molecule has 9 heteroatoms. The van der Waals surface area contributed by atoms with Gasteiger partial charge in [-0.3, -0.25) is 0 Å². The maximum absolute atomic E-state index is 10.9. The number of carbonyl (C=O) groups excluding carboxylic acids is 1. The Kier molecular flexibility index (Phi) is 6.21. The van der Waals surface area contributed by atoms with Crippen molar-refractivity contribution in [3.63, 3.8) is 0 Å². The fourth-order valence-electron chi connectivity index (χ4n) is 4.07. The summed E-state index contributed by atoms with van der Waals surface area (Å²) in [6.07, 6.45) is 5.12. The van der Waals surface area contributed by atoms with Crippen LogP contribution < -0.4 is 10.5 Å². The van der Waals surface area contributed by atoms with Crippen LogP contribution >= 0.6 is 22.7 Å². The SMILES string of the molecule is COc1ncc(-c2ccc(C)s2)c2scnc12.NC(=O)N1CCC2(CCOCC2)C1. The van der Waals surface area contributed by atoms with Gasteiger partial charge in [-0.1, -0.05) is 0 Å². The number of nitrogens with two attached hydrogens (primary N) is 1. The third-order valence-electron chi connectivity index (χ3n) is 5.83. The largest absolute Gasteiger partial charge is 0.479 e. The summed E-state index contributed by atoms with van der Waals surface area (Å²) in [5.74, 6) is 0.596. The molecular formula is C21H26N4O3S2. The lowest BCUT2D eigenvalue weighted by atomic mass is 9.80. The predicted molar refractivity (Wildman–Crippen MR) is 120 cm³/mol. The van der Waals surface area contributed by atoms with Gasteiger partial charge in [-0.25, -0.2) is 14.8 Å². The monoisotopic (exact) mass is 446 g/mol. The number of fused-ring (bicyclic) bond motifs is 1. The van der Waals surface area contributed by atoms with Crippen LogP contribution in [0, 0.1) is 12.3 Å². The molecule has 0 aromatic carbocycles. The summed E-state index contributed by atoms with van der Waals surface area (Å²) in [6.45, 7) is 5.45. The Labute approximate surface area is 183 Å². The molecule has 160 valence electrons. The number of aryl methyl sites for hydroxylation is 1. The van der Waals surface area contributed by atoms with Crippen LogP contribution in [0.5, 0.6) is 5.88 Å². The van der Waals surface area contributed by atoms with Crippen LogP contribution in [0.25, 0.3) is 20.7 Å². The fraction of sp³-hybridized carbons (Fsp3) is 0.476.